The summed E-state index contributed by atoms with van der Waals surface area (Å²) >= 11 is 6.01. The molecule has 8 heteroatoms. The van der Waals surface area contributed by atoms with E-state index in [1.165, 1.54) is 12.3 Å². The van der Waals surface area contributed by atoms with Crippen LogP contribution < -0.4 is 10.1 Å². The Labute approximate surface area is 154 Å². The highest BCUT2D eigenvalue weighted by molar-refractivity contribution is 6.32. The SMILES string of the molecule is CCOc1ccc(Cl)cc1C=C1C(=O)NC(=O)N(Cc2ccco2)C1=O. The van der Waals surface area contributed by atoms with Gasteiger partial charge in [0.05, 0.1) is 19.4 Å². The summed E-state index contributed by atoms with van der Waals surface area (Å²) in [4.78, 5) is 37.8. The number of halogens is 1. The number of nitrogens with zero attached hydrogens (tertiary/aromatic N) is 1. The number of hydrogen-bond donors (Lipinski definition) is 1. The van der Waals surface area contributed by atoms with E-state index in [0.717, 1.165) is 4.90 Å². The zero-order valence-electron chi connectivity index (χ0n) is 13.8. The van der Waals surface area contributed by atoms with Crippen LogP contribution in [-0.2, 0) is 16.1 Å². The van der Waals surface area contributed by atoms with Gasteiger partial charge in [-0.25, -0.2) is 4.79 Å². The normalized spacial score (nSPS) is 16.2. The number of urea groups is 1. The molecule has 1 saturated heterocycles. The molecule has 134 valence electrons. The molecular weight excluding hydrogens is 360 g/mol. The number of furan rings is 1. The highest BCUT2D eigenvalue weighted by atomic mass is 35.5. The van der Waals surface area contributed by atoms with Crippen LogP contribution in [0.3, 0.4) is 0 Å². The summed E-state index contributed by atoms with van der Waals surface area (Å²) in [6.45, 7) is 2.13. The van der Waals surface area contributed by atoms with Crippen molar-refractivity contribution in [3.63, 3.8) is 0 Å². The second kappa shape index (κ2) is 7.45. The molecule has 1 fully saturated rings. The Morgan fingerprint density at radius 3 is 2.77 bits per heavy atom. The number of ether oxygens (including phenoxy) is 1. The molecule has 0 aliphatic carbocycles. The molecule has 7 nitrogen and oxygen atoms in total. The van der Waals surface area contributed by atoms with Crippen LogP contribution in [0.2, 0.25) is 5.02 Å². The van der Waals surface area contributed by atoms with Crippen LogP contribution in [0.15, 0.2) is 46.6 Å². The lowest BCUT2D eigenvalue weighted by atomic mass is 10.1. The molecule has 0 atom stereocenters. The highest BCUT2D eigenvalue weighted by Crippen LogP contribution is 2.27. The minimum Gasteiger partial charge on any atom is -0.493 e. The van der Waals surface area contributed by atoms with E-state index >= 15 is 0 Å². The molecule has 2 aromatic rings. The zero-order chi connectivity index (χ0) is 18.7. The maximum atomic E-state index is 12.7. The van der Waals surface area contributed by atoms with E-state index in [-0.39, 0.29) is 12.1 Å². The van der Waals surface area contributed by atoms with Gasteiger partial charge in [-0.05, 0) is 43.3 Å². The zero-order valence-corrected chi connectivity index (χ0v) is 14.6. The van der Waals surface area contributed by atoms with Crippen molar-refractivity contribution in [2.75, 3.05) is 6.61 Å². The monoisotopic (exact) mass is 374 g/mol. The summed E-state index contributed by atoms with van der Waals surface area (Å²) in [6, 6.07) is 7.34. The number of imide groups is 2. The van der Waals surface area contributed by atoms with E-state index in [9.17, 15) is 14.4 Å². The fourth-order valence-electron chi connectivity index (χ4n) is 2.47. The summed E-state index contributed by atoms with van der Waals surface area (Å²) in [5.74, 6) is -0.616. The number of carbonyl (C=O) groups excluding carboxylic acids is 3. The first-order valence-electron chi connectivity index (χ1n) is 7.83. The van der Waals surface area contributed by atoms with Crippen molar-refractivity contribution in [1.29, 1.82) is 0 Å². The molecule has 0 unspecified atom stereocenters. The van der Waals surface area contributed by atoms with Gasteiger partial charge in [0.1, 0.15) is 17.1 Å². The Kier molecular flexibility index (Phi) is 5.09. The summed E-state index contributed by atoms with van der Waals surface area (Å²) in [7, 11) is 0. The van der Waals surface area contributed by atoms with E-state index in [0.29, 0.717) is 28.7 Å². The number of rotatable bonds is 5. The van der Waals surface area contributed by atoms with Crippen molar-refractivity contribution in [2.45, 2.75) is 13.5 Å². The molecule has 2 heterocycles. The van der Waals surface area contributed by atoms with Gasteiger partial charge < -0.3 is 9.15 Å². The van der Waals surface area contributed by atoms with Crippen LogP contribution in [0.4, 0.5) is 4.79 Å². The minimum atomic E-state index is -0.801. The molecule has 1 aliphatic heterocycles. The lowest BCUT2D eigenvalue weighted by Crippen LogP contribution is -2.53. The molecule has 3 rings (SSSR count). The van der Waals surface area contributed by atoms with Gasteiger partial charge in [-0.1, -0.05) is 11.6 Å². The number of nitrogens with one attached hydrogen (secondary N) is 1. The first kappa shape index (κ1) is 17.8. The molecule has 1 aromatic carbocycles. The standard InChI is InChI=1S/C18H15ClN2O5/c1-2-25-15-6-5-12(19)8-11(15)9-14-16(22)20-18(24)21(17(14)23)10-13-4-3-7-26-13/h3-9H,2,10H2,1H3,(H,20,22,24). The maximum Gasteiger partial charge on any atom is 0.331 e. The van der Waals surface area contributed by atoms with Gasteiger partial charge in [-0.3, -0.25) is 19.8 Å². The summed E-state index contributed by atoms with van der Waals surface area (Å²) in [5, 5.41) is 2.58. The Morgan fingerprint density at radius 1 is 1.27 bits per heavy atom. The molecule has 4 amide bonds. The molecular formula is C18H15ClN2O5. The highest BCUT2D eigenvalue weighted by Gasteiger charge is 2.36. The van der Waals surface area contributed by atoms with E-state index in [2.05, 4.69) is 5.32 Å². The third kappa shape index (κ3) is 3.62. The first-order valence-corrected chi connectivity index (χ1v) is 8.21. The third-order valence-corrected chi connectivity index (χ3v) is 3.89. The van der Waals surface area contributed by atoms with Crippen LogP contribution in [0.25, 0.3) is 6.08 Å². The molecule has 0 bridgehead atoms. The predicted molar refractivity (Wildman–Crippen MR) is 93.4 cm³/mol. The smallest absolute Gasteiger partial charge is 0.331 e. The van der Waals surface area contributed by atoms with Gasteiger partial charge in [0.15, 0.2) is 0 Å². The Morgan fingerprint density at radius 2 is 2.08 bits per heavy atom. The number of amides is 4. The Bertz CT molecular complexity index is 889. The van der Waals surface area contributed by atoms with Gasteiger partial charge in [0.2, 0.25) is 0 Å². The van der Waals surface area contributed by atoms with Crippen molar-refractivity contribution in [2.24, 2.45) is 0 Å². The molecule has 0 saturated carbocycles. The van der Waals surface area contributed by atoms with Gasteiger partial charge in [0, 0.05) is 10.6 Å². The average Bonchev–Trinajstić information content (AvgIpc) is 3.11. The number of hydrogen-bond acceptors (Lipinski definition) is 5. The van der Waals surface area contributed by atoms with Gasteiger partial charge >= 0.3 is 6.03 Å². The Hall–Kier alpha value is -3.06. The van der Waals surface area contributed by atoms with Crippen LogP contribution >= 0.6 is 11.6 Å². The van der Waals surface area contributed by atoms with Crippen LogP contribution in [0, 0.1) is 0 Å². The van der Waals surface area contributed by atoms with E-state index in [1.54, 1.807) is 30.3 Å². The molecule has 26 heavy (non-hydrogen) atoms. The van der Waals surface area contributed by atoms with Crippen molar-refractivity contribution in [3.8, 4) is 5.75 Å². The minimum absolute atomic E-state index is 0.0872. The van der Waals surface area contributed by atoms with Crippen molar-refractivity contribution >= 4 is 35.5 Å². The second-order valence-electron chi connectivity index (χ2n) is 5.40. The van der Waals surface area contributed by atoms with Gasteiger partial charge in [0.25, 0.3) is 11.8 Å². The predicted octanol–water partition coefficient (Wildman–Crippen LogP) is 2.99. The Balaban J connectivity index is 1.96. The lowest BCUT2D eigenvalue weighted by Gasteiger charge is -2.25. The molecule has 1 aliphatic rings. The van der Waals surface area contributed by atoms with Gasteiger partial charge in [-0.2, -0.15) is 0 Å². The van der Waals surface area contributed by atoms with Crippen molar-refractivity contribution < 1.29 is 23.5 Å². The van der Waals surface area contributed by atoms with E-state index in [4.69, 9.17) is 20.8 Å². The average molecular weight is 375 g/mol. The summed E-state index contributed by atoms with van der Waals surface area (Å²) in [5.41, 5.74) is 0.268. The maximum absolute atomic E-state index is 12.7. The quantitative estimate of drug-likeness (QED) is 0.642. The van der Waals surface area contributed by atoms with Crippen molar-refractivity contribution in [1.82, 2.24) is 10.2 Å². The molecule has 1 aromatic heterocycles. The summed E-state index contributed by atoms with van der Waals surface area (Å²) in [6.07, 6.45) is 2.79. The largest absolute Gasteiger partial charge is 0.493 e. The number of barbiturate groups is 1. The topological polar surface area (TPSA) is 88.8 Å². The van der Waals surface area contributed by atoms with Gasteiger partial charge in [-0.15, -0.1) is 0 Å². The fourth-order valence-corrected chi connectivity index (χ4v) is 2.65. The van der Waals surface area contributed by atoms with Crippen LogP contribution in [0.1, 0.15) is 18.2 Å². The molecule has 0 spiro atoms. The summed E-state index contributed by atoms with van der Waals surface area (Å²) < 4.78 is 10.7. The number of carbonyl (C=O) groups is 3. The molecule has 1 N–H and O–H groups in total. The van der Waals surface area contributed by atoms with E-state index in [1.807, 2.05) is 6.92 Å². The third-order valence-electron chi connectivity index (χ3n) is 3.65. The first-order chi connectivity index (χ1) is 12.5. The fraction of sp³-hybridized carbons (Fsp3) is 0.167. The second-order valence-corrected chi connectivity index (χ2v) is 5.84. The van der Waals surface area contributed by atoms with E-state index < -0.39 is 17.8 Å². The van der Waals surface area contributed by atoms with Crippen molar-refractivity contribution in [3.05, 3.63) is 58.5 Å². The lowest BCUT2D eigenvalue weighted by molar-refractivity contribution is -0.130. The number of benzene rings is 1. The molecule has 0 radical (unpaired) electrons. The van der Waals surface area contributed by atoms with Crippen LogP contribution in [0.5, 0.6) is 5.75 Å². The van der Waals surface area contributed by atoms with Crippen LogP contribution in [-0.4, -0.2) is 29.4 Å².